The van der Waals surface area contributed by atoms with Crippen molar-refractivity contribution in [3.8, 4) is 6.07 Å². The second-order valence-corrected chi connectivity index (χ2v) is 7.48. The summed E-state index contributed by atoms with van der Waals surface area (Å²) in [6.45, 7) is 1.90. The second-order valence-electron chi connectivity index (χ2n) is 5.24. The molecule has 1 aromatic carbocycles. The highest BCUT2D eigenvalue weighted by molar-refractivity contribution is 8.01. The molecule has 0 bridgehead atoms. The van der Waals surface area contributed by atoms with Crippen LogP contribution in [0, 0.1) is 18.3 Å². The van der Waals surface area contributed by atoms with Gasteiger partial charge in [0.05, 0.1) is 27.1 Å². The molecule has 4 nitrogen and oxygen atoms in total. The molecule has 22 heavy (non-hydrogen) atoms. The molecule has 3 rings (SSSR count). The highest BCUT2D eigenvalue weighted by Crippen LogP contribution is 2.49. The maximum absolute atomic E-state index is 12.6. The monoisotopic (exact) mass is 329 g/mol. The molecule has 0 saturated heterocycles. The van der Waals surface area contributed by atoms with Gasteiger partial charge in [-0.1, -0.05) is 53.4 Å². The van der Waals surface area contributed by atoms with Crippen molar-refractivity contribution in [2.75, 3.05) is 11.1 Å². The van der Waals surface area contributed by atoms with Gasteiger partial charge in [-0.15, -0.1) is 0 Å². The number of thiazole rings is 1. The normalized spacial score (nSPS) is 15.1. The van der Waals surface area contributed by atoms with Gasteiger partial charge in [0, 0.05) is 0 Å². The highest BCUT2D eigenvalue weighted by atomic mass is 32.2. The Labute approximate surface area is 137 Å². The lowest BCUT2D eigenvalue weighted by Gasteiger charge is -2.14. The van der Waals surface area contributed by atoms with E-state index in [2.05, 4.69) is 16.4 Å². The summed E-state index contributed by atoms with van der Waals surface area (Å²) < 4.78 is 0.987. The number of nitriles is 1. The summed E-state index contributed by atoms with van der Waals surface area (Å²) >= 11 is 2.89. The van der Waals surface area contributed by atoms with Crippen molar-refractivity contribution in [1.82, 2.24) is 4.98 Å². The molecular weight excluding hydrogens is 314 g/mol. The number of rotatable bonds is 5. The van der Waals surface area contributed by atoms with Crippen LogP contribution in [0.4, 0.5) is 5.13 Å². The number of aromatic nitrogens is 1. The highest BCUT2D eigenvalue weighted by Gasteiger charge is 2.51. The molecule has 1 amide bonds. The number of thioether (sulfide) groups is 1. The lowest BCUT2D eigenvalue weighted by atomic mass is 9.95. The lowest BCUT2D eigenvalue weighted by Crippen LogP contribution is -2.27. The van der Waals surface area contributed by atoms with Crippen LogP contribution in [-0.4, -0.2) is 16.6 Å². The Morgan fingerprint density at radius 3 is 2.82 bits per heavy atom. The molecule has 1 N–H and O–H groups in total. The van der Waals surface area contributed by atoms with Crippen LogP contribution in [0.2, 0.25) is 0 Å². The molecule has 112 valence electrons. The number of hydrogen-bond acceptors (Lipinski definition) is 5. The standard InChI is InChI=1S/C16H15N3OS2/c1-11-13(21-10-9-17)22-15(18-11)19-14(20)16(7-8-16)12-5-3-2-4-6-12/h2-6H,7-8,10H2,1H3,(H,18,19,20). The third-order valence-corrected chi connectivity index (χ3v) is 6.06. The molecule has 1 saturated carbocycles. The van der Waals surface area contributed by atoms with E-state index in [4.69, 9.17) is 5.26 Å². The van der Waals surface area contributed by atoms with Crippen molar-refractivity contribution in [2.24, 2.45) is 0 Å². The number of nitrogens with one attached hydrogen (secondary N) is 1. The Bertz CT molecular complexity index is 730. The van der Waals surface area contributed by atoms with E-state index in [0.29, 0.717) is 10.9 Å². The summed E-state index contributed by atoms with van der Waals surface area (Å²) in [4.78, 5) is 17.0. The van der Waals surface area contributed by atoms with Gasteiger partial charge in [-0.3, -0.25) is 4.79 Å². The number of aryl methyl sites for hydroxylation is 1. The van der Waals surface area contributed by atoms with Crippen molar-refractivity contribution >= 4 is 34.1 Å². The molecule has 1 aliphatic rings. The predicted octanol–water partition coefficient (Wildman–Crippen LogP) is 3.74. The minimum atomic E-state index is -0.388. The van der Waals surface area contributed by atoms with Crippen LogP contribution in [0.5, 0.6) is 0 Å². The minimum absolute atomic E-state index is 0.0179. The molecule has 1 fully saturated rings. The van der Waals surface area contributed by atoms with Gasteiger partial charge in [0.25, 0.3) is 0 Å². The van der Waals surface area contributed by atoms with Gasteiger partial charge in [0.1, 0.15) is 0 Å². The zero-order valence-corrected chi connectivity index (χ0v) is 13.8. The SMILES string of the molecule is Cc1nc(NC(=O)C2(c3ccccc3)CC2)sc1SCC#N. The third kappa shape index (κ3) is 2.87. The molecule has 0 atom stereocenters. The largest absolute Gasteiger partial charge is 0.301 e. The van der Waals surface area contributed by atoms with Gasteiger partial charge >= 0.3 is 0 Å². The molecule has 6 heteroatoms. The fourth-order valence-corrected chi connectivity index (χ4v) is 4.21. The van der Waals surface area contributed by atoms with E-state index in [1.54, 1.807) is 0 Å². The Morgan fingerprint density at radius 2 is 2.18 bits per heavy atom. The van der Waals surface area contributed by atoms with E-state index in [9.17, 15) is 4.79 Å². The van der Waals surface area contributed by atoms with Gasteiger partial charge in [-0.05, 0) is 25.3 Å². The fourth-order valence-electron chi connectivity index (χ4n) is 2.41. The first kappa shape index (κ1) is 15.1. The van der Waals surface area contributed by atoms with E-state index in [0.717, 1.165) is 28.3 Å². The topological polar surface area (TPSA) is 65.8 Å². The van der Waals surface area contributed by atoms with Crippen LogP contribution in [0.25, 0.3) is 0 Å². The van der Waals surface area contributed by atoms with Crippen molar-refractivity contribution in [3.05, 3.63) is 41.6 Å². The average Bonchev–Trinajstić information content (AvgIpc) is 3.27. The van der Waals surface area contributed by atoms with E-state index in [1.165, 1.54) is 23.1 Å². The lowest BCUT2D eigenvalue weighted by molar-refractivity contribution is -0.118. The molecule has 2 aromatic rings. The molecule has 1 aliphatic carbocycles. The second kappa shape index (κ2) is 6.11. The smallest absolute Gasteiger partial charge is 0.236 e. The summed E-state index contributed by atoms with van der Waals surface area (Å²) in [5, 5.41) is 12.2. The first-order chi connectivity index (χ1) is 10.7. The molecule has 1 heterocycles. The van der Waals surface area contributed by atoms with Crippen LogP contribution in [0.15, 0.2) is 34.5 Å². The summed E-state index contributed by atoms with van der Waals surface area (Å²) in [6, 6.07) is 12.0. The summed E-state index contributed by atoms with van der Waals surface area (Å²) in [6.07, 6.45) is 1.76. The average molecular weight is 329 g/mol. The first-order valence-electron chi connectivity index (χ1n) is 7.00. The van der Waals surface area contributed by atoms with Gasteiger partial charge in [-0.2, -0.15) is 5.26 Å². The maximum Gasteiger partial charge on any atom is 0.236 e. The third-order valence-electron chi connectivity index (χ3n) is 3.75. The Hall–Kier alpha value is -1.84. The summed E-state index contributed by atoms with van der Waals surface area (Å²) in [5.74, 6) is 0.411. The Kier molecular flexibility index (Phi) is 4.19. The zero-order valence-electron chi connectivity index (χ0n) is 12.1. The number of hydrogen-bond donors (Lipinski definition) is 1. The molecule has 0 spiro atoms. The Balaban J connectivity index is 1.74. The van der Waals surface area contributed by atoms with Crippen LogP contribution in [0.3, 0.4) is 0 Å². The van der Waals surface area contributed by atoms with Crippen molar-refractivity contribution in [2.45, 2.75) is 29.4 Å². The summed E-state index contributed by atoms with van der Waals surface area (Å²) in [7, 11) is 0. The van der Waals surface area contributed by atoms with Gasteiger partial charge in [-0.25, -0.2) is 4.98 Å². The number of anilines is 1. The Morgan fingerprint density at radius 1 is 1.45 bits per heavy atom. The summed E-state index contributed by atoms with van der Waals surface area (Å²) in [5.41, 5.74) is 1.55. The molecule has 0 unspecified atom stereocenters. The number of benzene rings is 1. The number of nitrogens with zero attached hydrogens (tertiary/aromatic N) is 2. The van der Waals surface area contributed by atoms with E-state index in [1.807, 2.05) is 37.3 Å². The molecule has 1 aromatic heterocycles. The first-order valence-corrected chi connectivity index (χ1v) is 8.80. The fraction of sp³-hybridized carbons (Fsp3) is 0.312. The maximum atomic E-state index is 12.6. The number of carbonyl (C=O) groups is 1. The van der Waals surface area contributed by atoms with Crippen LogP contribution in [-0.2, 0) is 10.2 Å². The van der Waals surface area contributed by atoms with Crippen LogP contribution < -0.4 is 5.32 Å². The number of carbonyl (C=O) groups excluding carboxylic acids is 1. The van der Waals surface area contributed by atoms with Crippen LogP contribution in [0.1, 0.15) is 24.1 Å². The molecule has 0 radical (unpaired) electrons. The van der Waals surface area contributed by atoms with Crippen molar-refractivity contribution < 1.29 is 4.79 Å². The molecule has 0 aliphatic heterocycles. The van der Waals surface area contributed by atoms with Crippen molar-refractivity contribution in [1.29, 1.82) is 5.26 Å². The van der Waals surface area contributed by atoms with Gasteiger partial charge < -0.3 is 5.32 Å². The number of amides is 1. The van der Waals surface area contributed by atoms with E-state index >= 15 is 0 Å². The predicted molar refractivity (Wildman–Crippen MR) is 89.2 cm³/mol. The quantitative estimate of drug-likeness (QED) is 0.849. The zero-order chi connectivity index (χ0) is 15.6. The van der Waals surface area contributed by atoms with E-state index < -0.39 is 0 Å². The van der Waals surface area contributed by atoms with Crippen molar-refractivity contribution in [3.63, 3.8) is 0 Å². The van der Waals surface area contributed by atoms with Gasteiger partial charge in [0.2, 0.25) is 5.91 Å². The minimum Gasteiger partial charge on any atom is -0.301 e. The van der Waals surface area contributed by atoms with E-state index in [-0.39, 0.29) is 11.3 Å². The van der Waals surface area contributed by atoms with Crippen LogP contribution >= 0.6 is 23.1 Å². The van der Waals surface area contributed by atoms with Gasteiger partial charge in [0.15, 0.2) is 5.13 Å². The molecular formula is C16H15N3OS2.